The summed E-state index contributed by atoms with van der Waals surface area (Å²) in [5, 5.41) is 14.4. The summed E-state index contributed by atoms with van der Waals surface area (Å²) in [6, 6.07) is 24.1. The van der Waals surface area contributed by atoms with Crippen molar-refractivity contribution in [3.8, 4) is 0 Å². The third-order valence-corrected chi connectivity index (χ3v) is 5.65. The molecule has 1 heterocycles. The molecular weight excluding hydrogens is 391 g/mol. The van der Waals surface area contributed by atoms with Crippen molar-refractivity contribution in [3.63, 3.8) is 0 Å². The minimum atomic E-state index is -0.966. The van der Waals surface area contributed by atoms with E-state index in [1.165, 1.54) is 17.7 Å². The Hall–Kier alpha value is -3.44. The summed E-state index contributed by atoms with van der Waals surface area (Å²) in [6.45, 7) is 3.71. The Morgan fingerprint density at radius 3 is 2.39 bits per heavy atom. The molecule has 1 aromatic heterocycles. The number of nitrogens with zero attached hydrogens (tertiary/aromatic N) is 1. The highest BCUT2D eigenvalue weighted by Gasteiger charge is 2.22. The standard InChI is InChI=1S/C26H25FN2O2/c1-18(20-7-3-2-4-8-20)15-28-16-23-22-9-5-6-10-24(22)29(25(23)26(30)31)17-19-11-13-21(27)14-12-19/h2-14,18,28H,15-17H2,1H3,(H,30,31). The molecule has 2 N–H and O–H groups in total. The normalized spacial score (nSPS) is 12.2. The zero-order valence-corrected chi connectivity index (χ0v) is 17.4. The maximum absolute atomic E-state index is 13.3. The summed E-state index contributed by atoms with van der Waals surface area (Å²) in [5.41, 5.74) is 3.99. The van der Waals surface area contributed by atoms with Crippen LogP contribution >= 0.6 is 0 Å². The number of aromatic nitrogens is 1. The number of carboxylic acids is 1. The van der Waals surface area contributed by atoms with Gasteiger partial charge >= 0.3 is 5.97 Å². The van der Waals surface area contributed by atoms with E-state index in [1.54, 1.807) is 12.1 Å². The van der Waals surface area contributed by atoms with Gasteiger partial charge in [0, 0.05) is 36.1 Å². The van der Waals surface area contributed by atoms with Crippen molar-refractivity contribution in [2.75, 3.05) is 6.54 Å². The van der Waals surface area contributed by atoms with Gasteiger partial charge in [-0.1, -0.05) is 67.6 Å². The number of halogens is 1. The predicted octanol–water partition coefficient (Wildman–Crippen LogP) is 5.42. The van der Waals surface area contributed by atoms with E-state index < -0.39 is 5.97 Å². The second kappa shape index (κ2) is 9.14. The van der Waals surface area contributed by atoms with Gasteiger partial charge in [0.1, 0.15) is 11.5 Å². The highest BCUT2D eigenvalue weighted by atomic mass is 19.1. The Kier molecular flexibility index (Phi) is 6.14. The van der Waals surface area contributed by atoms with Gasteiger partial charge in [-0.15, -0.1) is 0 Å². The molecule has 0 aliphatic rings. The molecule has 0 fully saturated rings. The van der Waals surface area contributed by atoms with Crippen molar-refractivity contribution in [3.05, 3.63) is 107 Å². The van der Waals surface area contributed by atoms with Gasteiger partial charge in [0.2, 0.25) is 0 Å². The highest BCUT2D eigenvalue weighted by Crippen LogP contribution is 2.28. The smallest absolute Gasteiger partial charge is 0.352 e. The van der Waals surface area contributed by atoms with E-state index in [0.29, 0.717) is 19.0 Å². The van der Waals surface area contributed by atoms with Gasteiger partial charge in [-0.3, -0.25) is 0 Å². The van der Waals surface area contributed by atoms with Gasteiger partial charge in [-0.25, -0.2) is 9.18 Å². The van der Waals surface area contributed by atoms with Crippen LogP contribution in [0.3, 0.4) is 0 Å². The van der Waals surface area contributed by atoms with Crippen LogP contribution in [-0.4, -0.2) is 22.2 Å². The molecule has 5 heteroatoms. The van der Waals surface area contributed by atoms with E-state index in [2.05, 4.69) is 24.4 Å². The van der Waals surface area contributed by atoms with Gasteiger partial charge in [-0.2, -0.15) is 0 Å². The third kappa shape index (κ3) is 4.52. The number of hydrogen-bond acceptors (Lipinski definition) is 2. The first-order valence-corrected chi connectivity index (χ1v) is 10.4. The number of hydrogen-bond donors (Lipinski definition) is 2. The molecule has 158 valence electrons. The average molecular weight is 416 g/mol. The van der Waals surface area contributed by atoms with E-state index >= 15 is 0 Å². The van der Waals surface area contributed by atoms with Crippen LogP contribution in [0.5, 0.6) is 0 Å². The molecule has 1 atom stereocenters. The molecule has 4 aromatic rings. The van der Waals surface area contributed by atoms with E-state index in [4.69, 9.17) is 0 Å². The topological polar surface area (TPSA) is 54.3 Å². The van der Waals surface area contributed by atoms with Crippen molar-refractivity contribution >= 4 is 16.9 Å². The van der Waals surface area contributed by atoms with Crippen LogP contribution in [0.15, 0.2) is 78.9 Å². The fraction of sp³-hybridized carbons (Fsp3) is 0.192. The summed E-state index contributed by atoms with van der Waals surface area (Å²) in [6.07, 6.45) is 0. The predicted molar refractivity (Wildman–Crippen MR) is 121 cm³/mol. The van der Waals surface area contributed by atoms with Crippen LogP contribution in [0.25, 0.3) is 10.9 Å². The van der Waals surface area contributed by atoms with E-state index in [-0.39, 0.29) is 11.5 Å². The van der Waals surface area contributed by atoms with E-state index in [1.807, 2.05) is 47.0 Å². The first-order valence-electron chi connectivity index (χ1n) is 10.4. The molecule has 0 saturated carbocycles. The molecule has 0 aliphatic heterocycles. The van der Waals surface area contributed by atoms with Crippen molar-refractivity contribution in [2.45, 2.75) is 25.9 Å². The lowest BCUT2D eigenvalue weighted by atomic mass is 10.0. The monoisotopic (exact) mass is 416 g/mol. The lowest BCUT2D eigenvalue weighted by Gasteiger charge is -2.14. The number of carboxylic acid groups (broad SMARTS) is 1. The quantitative estimate of drug-likeness (QED) is 0.403. The minimum Gasteiger partial charge on any atom is -0.477 e. The number of carbonyl (C=O) groups is 1. The lowest BCUT2D eigenvalue weighted by molar-refractivity contribution is 0.0684. The van der Waals surface area contributed by atoms with Crippen molar-refractivity contribution in [1.29, 1.82) is 0 Å². The molecule has 1 unspecified atom stereocenters. The molecule has 4 nitrogen and oxygen atoms in total. The number of benzene rings is 3. The molecule has 0 aliphatic carbocycles. The zero-order valence-electron chi connectivity index (χ0n) is 17.4. The Balaban J connectivity index is 1.64. The Labute approximate surface area is 181 Å². The van der Waals surface area contributed by atoms with Crippen LogP contribution in [0.1, 0.15) is 40.0 Å². The van der Waals surface area contributed by atoms with Gasteiger partial charge in [0.25, 0.3) is 0 Å². The largest absolute Gasteiger partial charge is 0.477 e. The second-order valence-electron chi connectivity index (χ2n) is 7.80. The van der Waals surface area contributed by atoms with Gasteiger partial charge < -0.3 is 15.0 Å². The summed E-state index contributed by atoms with van der Waals surface area (Å²) >= 11 is 0. The van der Waals surface area contributed by atoms with Crippen LogP contribution < -0.4 is 5.32 Å². The maximum Gasteiger partial charge on any atom is 0.352 e. The number of nitrogens with one attached hydrogen (secondary N) is 1. The Bertz CT molecular complexity index is 1180. The number of fused-ring (bicyclic) bond motifs is 1. The third-order valence-electron chi connectivity index (χ3n) is 5.65. The van der Waals surface area contributed by atoms with Crippen molar-refractivity contribution in [1.82, 2.24) is 9.88 Å². The van der Waals surface area contributed by atoms with Crippen LogP contribution in [0, 0.1) is 5.82 Å². The number of rotatable bonds is 8. The zero-order chi connectivity index (χ0) is 21.8. The molecule has 0 bridgehead atoms. The minimum absolute atomic E-state index is 0.269. The number of aromatic carboxylic acids is 1. The second-order valence-corrected chi connectivity index (χ2v) is 7.80. The van der Waals surface area contributed by atoms with Crippen molar-refractivity contribution in [2.24, 2.45) is 0 Å². The van der Waals surface area contributed by atoms with E-state index in [9.17, 15) is 14.3 Å². The Morgan fingerprint density at radius 1 is 1.00 bits per heavy atom. The van der Waals surface area contributed by atoms with Crippen LogP contribution in [-0.2, 0) is 13.1 Å². The van der Waals surface area contributed by atoms with Crippen LogP contribution in [0.2, 0.25) is 0 Å². The van der Waals surface area contributed by atoms with Crippen molar-refractivity contribution < 1.29 is 14.3 Å². The molecule has 0 radical (unpaired) electrons. The average Bonchev–Trinajstić information content (AvgIpc) is 3.09. The summed E-state index contributed by atoms with van der Waals surface area (Å²) in [4.78, 5) is 12.3. The lowest BCUT2D eigenvalue weighted by Crippen LogP contribution is -2.21. The molecular formula is C26H25FN2O2. The fourth-order valence-corrected chi connectivity index (χ4v) is 4.05. The molecule has 0 spiro atoms. The first-order chi connectivity index (χ1) is 15.0. The van der Waals surface area contributed by atoms with Gasteiger partial charge in [0.05, 0.1) is 0 Å². The van der Waals surface area contributed by atoms with Gasteiger partial charge in [0.15, 0.2) is 0 Å². The molecule has 0 saturated heterocycles. The number of para-hydroxylation sites is 1. The molecule has 0 amide bonds. The fourth-order valence-electron chi connectivity index (χ4n) is 4.05. The molecule has 4 rings (SSSR count). The SMILES string of the molecule is CC(CNCc1c(C(=O)O)n(Cc2ccc(F)cc2)c2ccccc12)c1ccccc1. The highest BCUT2D eigenvalue weighted by molar-refractivity contribution is 5.98. The summed E-state index contributed by atoms with van der Waals surface area (Å²) in [7, 11) is 0. The van der Waals surface area contributed by atoms with Gasteiger partial charge in [-0.05, 0) is 35.2 Å². The summed E-state index contributed by atoms with van der Waals surface area (Å²) in [5.74, 6) is -0.967. The maximum atomic E-state index is 13.3. The molecule has 3 aromatic carbocycles. The van der Waals surface area contributed by atoms with Crippen LogP contribution in [0.4, 0.5) is 4.39 Å². The van der Waals surface area contributed by atoms with E-state index in [0.717, 1.165) is 28.6 Å². The summed E-state index contributed by atoms with van der Waals surface area (Å²) < 4.78 is 15.1. The Morgan fingerprint density at radius 2 is 1.68 bits per heavy atom. The first kappa shape index (κ1) is 20.8. The molecule has 31 heavy (non-hydrogen) atoms.